The summed E-state index contributed by atoms with van der Waals surface area (Å²) in [6.07, 6.45) is 1.91. The summed E-state index contributed by atoms with van der Waals surface area (Å²) >= 11 is 6.76. The number of hydrogen-bond acceptors (Lipinski definition) is 5. The van der Waals surface area contributed by atoms with Gasteiger partial charge in [0, 0.05) is 13.2 Å². The highest BCUT2D eigenvalue weighted by Gasteiger charge is 2.21. The Hall–Kier alpha value is -1.61. The number of rotatable bonds is 6. The second-order valence-corrected chi connectivity index (χ2v) is 9.18. The molecule has 0 spiro atoms. The molecule has 2 heterocycles. The lowest BCUT2D eigenvalue weighted by atomic mass is 10.1. The van der Waals surface area contributed by atoms with Crippen molar-refractivity contribution in [1.82, 2.24) is 5.32 Å². The van der Waals surface area contributed by atoms with Crippen molar-refractivity contribution < 1.29 is 17.9 Å². The van der Waals surface area contributed by atoms with Crippen LogP contribution >= 0.6 is 22.9 Å². The average Bonchev–Trinajstić information content (AvgIpc) is 3.24. The SMILES string of the molecule is O=C(NCC1CCCO1)c1ccccc1NS(=O)(=O)c1ccc(Cl)s1. The van der Waals surface area contributed by atoms with Crippen LogP contribution in [0.15, 0.2) is 40.6 Å². The van der Waals surface area contributed by atoms with E-state index in [9.17, 15) is 13.2 Å². The van der Waals surface area contributed by atoms with Crippen LogP contribution < -0.4 is 10.0 Å². The third kappa shape index (κ3) is 4.52. The Bertz CT molecular complexity index is 861. The minimum atomic E-state index is -3.80. The normalized spacial score (nSPS) is 17.4. The molecule has 1 atom stereocenters. The van der Waals surface area contributed by atoms with Crippen LogP contribution in [0, 0.1) is 0 Å². The first-order valence-corrected chi connectivity index (χ1v) is 10.4. The van der Waals surface area contributed by atoms with Gasteiger partial charge in [-0.15, -0.1) is 11.3 Å². The van der Waals surface area contributed by atoms with Crippen molar-refractivity contribution in [3.8, 4) is 0 Å². The van der Waals surface area contributed by atoms with Gasteiger partial charge in [-0.2, -0.15) is 0 Å². The molecule has 1 amide bonds. The van der Waals surface area contributed by atoms with E-state index in [0.717, 1.165) is 24.2 Å². The molecule has 1 saturated heterocycles. The van der Waals surface area contributed by atoms with Gasteiger partial charge in [-0.25, -0.2) is 8.42 Å². The van der Waals surface area contributed by atoms with Gasteiger partial charge in [0.1, 0.15) is 4.21 Å². The van der Waals surface area contributed by atoms with Gasteiger partial charge in [-0.1, -0.05) is 23.7 Å². The molecule has 0 saturated carbocycles. The zero-order valence-electron chi connectivity index (χ0n) is 13.2. The predicted molar refractivity (Wildman–Crippen MR) is 97.9 cm³/mol. The number of sulfonamides is 1. The highest BCUT2D eigenvalue weighted by Crippen LogP contribution is 2.28. The van der Waals surface area contributed by atoms with Crippen LogP contribution in [0.2, 0.25) is 4.34 Å². The van der Waals surface area contributed by atoms with Crippen LogP contribution in [0.3, 0.4) is 0 Å². The number of ether oxygens (including phenoxy) is 1. The Morgan fingerprint density at radius 1 is 1.28 bits per heavy atom. The molecule has 1 aliphatic rings. The summed E-state index contributed by atoms with van der Waals surface area (Å²) in [5, 5.41) is 2.79. The number of carbonyl (C=O) groups is 1. The molecule has 3 rings (SSSR count). The van der Waals surface area contributed by atoms with Gasteiger partial charge >= 0.3 is 0 Å². The van der Waals surface area contributed by atoms with Gasteiger partial charge in [0.05, 0.1) is 21.7 Å². The molecule has 9 heteroatoms. The Balaban J connectivity index is 1.75. The van der Waals surface area contributed by atoms with E-state index in [-0.39, 0.29) is 27.5 Å². The summed E-state index contributed by atoms with van der Waals surface area (Å²) in [6.45, 7) is 1.11. The number of anilines is 1. The minimum absolute atomic E-state index is 0.0149. The maximum absolute atomic E-state index is 12.4. The zero-order chi connectivity index (χ0) is 17.9. The third-order valence-corrected chi connectivity index (χ3v) is 6.83. The summed E-state index contributed by atoms with van der Waals surface area (Å²) in [5.41, 5.74) is 0.476. The van der Waals surface area contributed by atoms with Crippen LogP contribution in [0.4, 0.5) is 5.69 Å². The molecule has 1 aromatic heterocycles. The van der Waals surface area contributed by atoms with Crippen molar-refractivity contribution in [2.45, 2.75) is 23.2 Å². The van der Waals surface area contributed by atoms with E-state index in [1.54, 1.807) is 24.3 Å². The number of amides is 1. The van der Waals surface area contributed by atoms with Gasteiger partial charge in [0.15, 0.2) is 0 Å². The lowest BCUT2D eigenvalue weighted by Gasteiger charge is -2.14. The second kappa shape index (κ2) is 7.74. The van der Waals surface area contributed by atoms with Crippen molar-refractivity contribution in [3.05, 3.63) is 46.3 Å². The van der Waals surface area contributed by atoms with Crippen molar-refractivity contribution >= 4 is 44.6 Å². The number of halogens is 1. The van der Waals surface area contributed by atoms with Crippen molar-refractivity contribution in [3.63, 3.8) is 0 Å². The van der Waals surface area contributed by atoms with Crippen LogP contribution in [0.1, 0.15) is 23.2 Å². The van der Waals surface area contributed by atoms with Crippen LogP contribution in [0.5, 0.6) is 0 Å². The van der Waals surface area contributed by atoms with Crippen LogP contribution in [-0.4, -0.2) is 33.6 Å². The number of para-hydroxylation sites is 1. The standard InChI is InChI=1S/C16H17ClN2O4S2/c17-14-7-8-15(24-14)25(21,22)19-13-6-2-1-5-12(13)16(20)18-10-11-4-3-9-23-11/h1-2,5-8,11,19H,3-4,9-10H2,(H,18,20). The van der Waals surface area contributed by atoms with Crippen molar-refractivity contribution in [2.75, 3.05) is 17.9 Å². The van der Waals surface area contributed by atoms with Gasteiger partial charge in [-0.3, -0.25) is 9.52 Å². The molecular weight excluding hydrogens is 384 g/mol. The van der Waals surface area contributed by atoms with E-state index >= 15 is 0 Å². The zero-order valence-corrected chi connectivity index (χ0v) is 15.6. The lowest BCUT2D eigenvalue weighted by molar-refractivity contribution is 0.0858. The van der Waals surface area contributed by atoms with E-state index in [4.69, 9.17) is 16.3 Å². The highest BCUT2D eigenvalue weighted by molar-refractivity contribution is 7.94. The first-order chi connectivity index (χ1) is 12.0. The first kappa shape index (κ1) is 18.2. The molecule has 134 valence electrons. The number of thiophene rings is 1. The number of benzene rings is 1. The van der Waals surface area contributed by atoms with E-state index in [1.165, 1.54) is 12.1 Å². The maximum atomic E-state index is 12.4. The summed E-state index contributed by atoms with van der Waals surface area (Å²) in [5.74, 6) is -0.349. The molecular formula is C16H17ClN2O4S2. The molecule has 0 radical (unpaired) electrons. The van der Waals surface area contributed by atoms with Gasteiger partial charge < -0.3 is 10.1 Å². The summed E-state index contributed by atoms with van der Waals surface area (Å²) in [4.78, 5) is 12.4. The topological polar surface area (TPSA) is 84.5 Å². The molecule has 25 heavy (non-hydrogen) atoms. The summed E-state index contributed by atoms with van der Waals surface area (Å²) in [7, 11) is -3.80. The lowest BCUT2D eigenvalue weighted by Crippen LogP contribution is -2.32. The van der Waals surface area contributed by atoms with E-state index in [2.05, 4.69) is 10.0 Å². The molecule has 1 unspecified atom stereocenters. The van der Waals surface area contributed by atoms with Gasteiger partial charge in [0.25, 0.3) is 15.9 Å². The Kier molecular flexibility index (Phi) is 5.63. The predicted octanol–water partition coefficient (Wildman–Crippen LogP) is 3.11. The number of hydrogen-bond donors (Lipinski definition) is 2. The van der Waals surface area contributed by atoms with Gasteiger partial charge in [0.2, 0.25) is 0 Å². The van der Waals surface area contributed by atoms with Crippen molar-refractivity contribution in [2.24, 2.45) is 0 Å². The Morgan fingerprint density at radius 3 is 2.76 bits per heavy atom. The minimum Gasteiger partial charge on any atom is -0.376 e. The highest BCUT2D eigenvalue weighted by atomic mass is 35.5. The monoisotopic (exact) mass is 400 g/mol. The fourth-order valence-electron chi connectivity index (χ4n) is 2.51. The molecule has 2 N–H and O–H groups in total. The maximum Gasteiger partial charge on any atom is 0.271 e. The average molecular weight is 401 g/mol. The fourth-order valence-corrected chi connectivity index (χ4v) is 5.08. The molecule has 1 aromatic carbocycles. The van der Waals surface area contributed by atoms with Gasteiger partial charge in [-0.05, 0) is 37.1 Å². The molecule has 2 aromatic rings. The van der Waals surface area contributed by atoms with Crippen molar-refractivity contribution in [1.29, 1.82) is 0 Å². The first-order valence-electron chi connectivity index (χ1n) is 7.73. The second-order valence-electron chi connectivity index (χ2n) is 5.55. The smallest absolute Gasteiger partial charge is 0.271 e. The molecule has 6 nitrogen and oxygen atoms in total. The fraction of sp³-hybridized carbons (Fsp3) is 0.312. The van der Waals surface area contributed by atoms with Crippen LogP contribution in [-0.2, 0) is 14.8 Å². The van der Waals surface area contributed by atoms with Crippen LogP contribution in [0.25, 0.3) is 0 Å². The molecule has 0 aliphatic carbocycles. The quantitative estimate of drug-likeness (QED) is 0.780. The summed E-state index contributed by atoms with van der Waals surface area (Å²) < 4.78 is 33.3. The third-order valence-electron chi connectivity index (χ3n) is 3.74. The summed E-state index contributed by atoms with van der Waals surface area (Å²) in [6, 6.07) is 9.41. The number of carbonyl (C=O) groups excluding carboxylic acids is 1. The largest absolute Gasteiger partial charge is 0.376 e. The van der Waals surface area contributed by atoms with E-state index in [0.29, 0.717) is 17.5 Å². The Morgan fingerprint density at radius 2 is 2.08 bits per heavy atom. The van der Waals surface area contributed by atoms with E-state index in [1.807, 2.05) is 0 Å². The number of nitrogens with one attached hydrogen (secondary N) is 2. The molecule has 1 aliphatic heterocycles. The molecule has 0 bridgehead atoms. The van der Waals surface area contributed by atoms with E-state index < -0.39 is 10.0 Å². The Labute approximate surface area is 155 Å². The molecule has 1 fully saturated rings.